The van der Waals surface area contributed by atoms with Gasteiger partial charge in [0.05, 0.1) is 34.5 Å². The van der Waals surface area contributed by atoms with E-state index in [0.717, 1.165) is 5.56 Å². The molecule has 0 N–H and O–H groups in total. The van der Waals surface area contributed by atoms with Crippen LogP contribution in [0.25, 0.3) is 0 Å². The summed E-state index contributed by atoms with van der Waals surface area (Å²) in [6.45, 7) is 1.73. The topological polar surface area (TPSA) is 90.5 Å². The predicted octanol–water partition coefficient (Wildman–Crippen LogP) is 3.89. The van der Waals surface area contributed by atoms with Crippen LogP contribution in [-0.4, -0.2) is 105 Å². The Balaban J connectivity index is 1.58. The average molecular weight is 604 g/mol. The third-order valence-electron chi connectivity index (χ3n) is 7.13. The van der Waals surface area contributed by atoms with Crippen molar-refractivity contribution >= 4 is 56.8 Å². The number of carbonyl (C=O) groups excluding carboxylic acids is 2. The van der Waals surface area contributed by atoms with Crippen molar-refractivity contribution in [1.82, 2.24) is 19.0 Å². The zero-order valence-corrected chi connectivity index (χ0v) is 24.3. The first-order valence-corrected chi connectivity index (χ1v) is 14.9. The molecule has 2 atom stereocenters. The molecule has 0 bridgehead atoms. The molecule has 2 aliphatic rings. The Bertz CT molecular complexity index is 1330. The summed E-state index contributed by atoms with van der Waals surface area (Å²) in [5.41, 5.74) is 1.25. The molecule has 2 aromatic carbocycles. The molecule has 206 valence electrons. The number of ether oxygens (including phenoxy) is 1. The lowest BCUT2D eigenvalue weighted by Crippen LogP contribution is -2.53. The SMILES string of the molecule is COc1ccc(C(=O)N(C)[C@@H]2CN(C(=O)N3CCN(S(C)(=O)=O)CC3)C[C@H]2c2ccc(Cl)c(Cl)c2)cc1Cl. The molecule has 0 radical (unpaired) electrons. The zero-order chi connectivity index (χ0) is 27.8. The summed E-state index contributed by atoms with van der Waals surface area (Å²) in [6, 6.07) is 9.62. The second kappa shape index (κ2) is 11.5. The number of benzene rings is 2. The maximum absolute atomic E-state index is 13.5. The first-order chi connectivity index (χ1) is 17.9. The molecule has 2 fully saturated rings. The molecular weight excluding hydrogens is 575 g/mol. The number of rotatable bonds is 5. The van der Waals surface area contributed by atoms with Crippen molar-refractivity contribution in [3.8, 4) is 5.75 Å². The van der Waals surface area contributed by atoms with Gasteiger partial charge >= 0.3 is 6.03 Å². The van der Waals surface area contributed by atoms with E-state index in [4.69, 9.17) is 39.5 Å². The van der Waals surface area contributed by atoms with Gasteiger partial charge in [0.2, 0.25) is 10.0 Å². The van der Waals surface area contributed by atoms with Crippen molar-refractivity contribution in [2.24, 2.45) is 0 Å². The monoisotopic (exact) mass is 602 g/mol. The van der Waals surface area contributed by atoms with Crippen LogP contribution in [0.5, 0.6) is 5.75 Å². The fraction of sp³-hybridized carbons (Fsp3) is 0.440. The van der Waals surface area contributed by atoms with Crippen LogP contribution in [0.1, 0.15) is 21.8 Å². The first kappa shape index (κ1) is 28.8. The van der Waals surface area contributed by atoms with E-state index in [1.54, 1.807) is 52.1 Å². The number of sulfonamides is 1. The van der Waals surface area contributed by atoms with Crippen molar-refractivity contribution in [1.29, 1.82) is 0 Å². The molecule has 0 aliphatic carbocycles. The van der Waals surface area contributed by atoms with Crippen LogP contribution in [0.4, 0.5) is 4.79 Å². The molecule has 38 heavy (non-hydrogen) atoms. The van der Waals surface area contributed by atoms with Gasteiger partial charge in [-0.15, -0.1) is 0 Å². The van der Waals surface area contributed by atoms with Gasteiger partial charge in [-0.2, -0.15) is 4.31 Å². The summed E-state index contributed by atoms with van der Waals surface area (Å²) in [6.07, 6.45) is 1.17. The number of nitrogens with zero attached hydrogens (tertiary/aromatic N) is 4. The fourth-order valence-electron chi connectivity index (χ4n) is 4.97. The molecule has 3 amide bonds. The minimum Gasteiger partial charge on any atom is -0.495 e. The molecule has 0 spiro atoms. The van der Waals surface area contributed by atoms with E-state index < -0.39 is 10.0 Å². The lowest BCUT2D eigenvalue weighted by molar-refractivity contribution is 0.0723. The van der Waals surface area contributed by atoms with Crippen LogP contribution >= 0.6 is 34.8 Å². The van der Waals surface area contributed by atoms with E-state index in [-0.39, 0.29) is 37.0 Å². The number of urea groups is 1. The smallest absolute Gasteiger partial charge is 0.320 e. The van der Waals surface area contributed by atoms with E-state index in [1.807, 2.05) is 6.07 Å². The molecule has 2 aromatic rings. The Kier molecular flexibility index (Phi) is 8.68. The summed E-state index contributed by atoms with van der Waals surface area (Å²) in [5.74, 6) is -0.0115. The number of methoxy groups -OCH3 is 1. The quantitative estimate of drug-likeness (QED) is 0.517. The number of likely N-dealkylation sites (N-methyl/N-ethyl adjacent to an activating group) is 1. The van der Waals surface area contributed by atoms with Crippen molar-refractivity contribution in [3.05, 3.63) is 62.6 Å². The van der Waals surface area contributed by atoms with Crippen LogP contribution < -0.4 is 4.74 Å². The normalized spacial score (nSPS) is 20.5. The van der Waals surface area contributed by atoms with Crippen molar-refractivity contribution in [3.63, 3.8) is 0 Å². The van der Waals surface area contributed by atoms with E-state index >= 15 is 0 Å². The summed E-state index contributed by atoms with van der Waals surface area (Å²) < 4.78 is 30.3. The Morgan fingerprint density at radius 3 is 2.18 bits per heavy atom. The number of carbonyl (C=O) groups is 2. The summed E-state index contributed by atoms with van der Waals surface area (Å²) in [7, 11) is -0.108. The lowest BCUT2D eigenvalue weighted by atomic mass is 9.93. The maximum Gasteiger partial charge on any atom is 0.320 e. The number of hydrogen-bond acceptors (Lipinski definition) is 5. The number of halogens is 3. The van der Waals surface area contributed by atoms with Crippen LogP contribution in [-0.2, 0) is 10.0 Å². The van der Waals surface area contributed by atoms with E-state index in [2.05, 4.69) is 0 Å². The maximum atomic E-state index is 13.5. The molecule has 0 aromatic heterocycles. The van der Waals surface area contributed by atoms with Gasteiger partial charge in [0.1, 0.15) is 5.75 Å². The van der Waals surface area contributed by atoms with E-state index in [9.17, 15) is 18.0 Å². The summed E-state index contributed by atoms with van der Waals surface area (Å²) in [5, 5.41) is 1.13. The molecule has 9 nitrogen and oxygen atoms in total. The molecule has 13 heteroatoms. The molecular formula is C25H29Cl3N4O5S. The molecule has 2 saturated heterocycles. The summed E-state index contributed by atoms with van der Waals surface area (Å²) in [4.78, 5) is 32.0. The Morgan fingerprint density at radius 1 is 0.921 bits per heavy atom. The Morgan fingerprint density at radius 2 is 1.61 bits per heavy atom. The highest BCUT2D eigenvalue weighted by molar-refractivity contribution is 7.88. The second-order valence-electron chi connectivity index (χ2n) is 9.45. The number of likely N-dealkylation sites (tertiary alicyclic amines) is 1. The van der Waals surface area contributed by atoms with Gasteiger partial charge < -0.3 is 19.4 Å². The van der Waals surface area contributed by atoms with Gasteiger partial charge in [-0.05, 0) is 35.9 Å². The van der Waals surface area contributed by atoms with Crippen LogP contribution in [0.15, 0.2) is 36.4 Å². The molecule has 2 aliphatic heterocycles. The fourth-order valence-corrected chi connectivity index (χ4v) is 6.36. The van der Waals surface area contributed by atoms with Gasteiger partial charge in [0.25, 0.3) is 5.91 Å². The largest absolute Gasteiger partial charge is 0.495 e. The minimum atomic E-state index is -3.31. The minimum absolute atomic E-state index is 0.195. The van der Waals surface area contributed by atoms with Crippen LogP contribution in [0.3, 0.4) is 0 Å². The molecule has 0 unspecified atom stereocenters. The third-order valence-corrected chi connectivity index (χ3v) is 9.46. The van der Waals surface area contributed by atoms with E-state index in [0.29, 0.717) is 52.6 Å². The number of amides is 3. The van der Waals surface area contributed by atoms with E-state index in [1.165, 1.54) is 17.7 Å². The standard InChI is InChI=1S/C25H29Cl3N4O5S/c1-29(24(33)17-5-7-23(37-2)21(28)13-17)22-15-31(14-18(22)16-4-6-19(26)20(27)12-16)25(34)30-8-10-32(11-9-30)38(3,35)36/h4-7,12-13,18,22H,8-11,14-15H2,1-3H3/t18-,22+/m0/s1. The van der Waals surface area contributed by atoms with Gasteiger partial charge in [0, 0.05) is 57.8 Å². The van der Waals surface area contributed by atoms with Gasteiger partial charge in [-0.25, -0.2) is 13.2 Å². The highest BCUT2D eigenvalue weighted by Gasteiger charge is 2.42. The van der Waals surface area contributed by atoms with Gasteiger partial charge in [-0.3, -0.25) is 4.79 Å². The van der Waals surface area contributed by atoms with Crippen molar-refractivity contribution < 1.29 is 22.7 Å². The highest BCUT2D eigenvalue weighted by Crippen LogP contribution is 2.35. The Hall–Kier alpha value is -2.24. The predicted molar refractivity (Wildman–Crippen MR) is 148 cm³/mol. The highest BCUT2D eigenvalue weighted by atomic mass is 35.5. The van der Waals surface area contributed by atoms with Crippen LogP contribution in [0.2, 0.25) is 15.1 Å². The Labute approximate surface area is 237 Å². The lowest BCUT2D eigenvalue weighted by Gasteiger charge is -2.35. The third kappa shape index (κ3) is 5.99. The zero-order valence-electron chi connectivity index (χ0n) is 21.2. The first-order valence-electron chi connectivity index (χ1n) is 11.9. The summed E-state index contributed by atoms with van der Waals surface area (Å²) >= 11 is 18.7. The van der Waals surface area contributed by atoms with Gasteiger partial charge in [0.15, 0.2) is 0 Å². The molecule has 2 heterocycles. The van der Waals surface area contributed by atoms with Crippen LogP contribution in [0, 0.1) is 0 Å². The number of hydrogen-bond donors (Lipinski definition) is 0. The molecule has 4 rings (SSSR count). The van der Waals surface area contributed by atoms with Crippen molar-refractivity contribution in [2.75, 3.05) is 59.7 Å². The number of piperazine rings is 1. The van der Waals surface area contributed by atoms with Crippen molar-refractivity contribution in [2.45, 2.75) is 12.0 Å². The average Bonchev–Trinajstić information content (AvgIpc) is 3.34. The second-order valence-corrected chi connectivity index (χ2v) is 12.7. The van der Waals surface area contributed by atoms with Gasteiger partial charge in [-0.1, -0.05) is 40.9 Å². The molecule has 0 saturated carbocycles.